The second kappa shape index (κ2) is 13.3. The maximum absolute atomic E-state index is 6.80. The van der Waals surface area contributed by atoms with Crippen LogP contribution in [0, 0.1) is 0 Å². The van der Waals surface area contributed by atoms with E-state index in [0.29, 0.717) is 6.54 Å². The van der Waals surface area contributed by atoms with Gasteiger partial charge in [0.05, 0.1) is 0 Å². The molecule has 2 nitrogen and oxygen atoms in total. The predicted octanol–water partition coefficient (Wildman–Crippen LogP) is -0.751. The molecule has 0 fully saturated rings. The number of hydrogen-bond donors (Lipinski definition) is 0. The van der Waals surface area contributed by atoms with E-state index in [1.165, 1.54) is 6.42 Å². The first-order valence-electron chi connectivity index (χ1n) is 3.64. The van der Waals surface area contributed by atoms with Gasteiger partial charge >= 0.3 is 58.2 Å². The van der Waals surface area contributed by atoms with Crippen LogP contribution in [-0.4, -0.2) is 19.8 Å². The van der Waals surface area contributed by atoms with Gasteiger partial charge in [-0.1, -0.05) is 13.3 Å². The Labute approximate surface area is 113 Å². The van der Waals surface area contributed by atoms with Crippen molar-refractivity contribution in [3.63, 3.8) is 0 Å². The van der Waals surface area contributed by atoms with E-state index in [9.17, 15) is 0 Å². The Hall–Kier alpha value is 1.73. The minimum absolute atomic E-state index is 0. The van der Waals surface area contributed by atoms with Crippen LogP contribution in [0.15, 0.2) is 0 Å². The summed E-state index contributed by atoms with van der Waals surface area (Å²) in [6.07, 6.45) is 3.22. The van der Waals surface area contributed by atoms with E-state index in [-0.39, 0.29) is 58.2 Å². The zero-order valence-electron chi connectivity index (χ0n) is 7.15. The molecular weight excluding hydrogens is 200 g/mol. The van der Waals surface area contributed by atoms with Crippen molar-refractivity contribution in [3.05, 3.63) is 5.73 Å². The Kier molecular flexibility index (Phi) is 19.0. The summed E-state index contributed by atoms with van der Waals surface area (Å²) in [7, 11) is 0. The summed E-state index contributed by atoms with van der Waals surface area (Å²) in [5.74, 6) is 0. The summed E-state index contributed by atoms with van der Waals surface area (Å²) in [5, 5.41) is 0. The largest absolute Gasteiger partial charge is 1.00 e. The molecule has 0 aliphatic heterocycles. The third kappa shape index (κ3) is 12.4. The minimum Gasteiger partial charge on any atom is -0.677 e. The molecule has 0 aromatic carbocycles. The van der Waals surface area contributed by atoms with Crippen LogP contribution in [0.1, 0.15) is 26.2 Å². The van der Waals surface area contributed by atoms with Crippen LogP contribution >= 0.6 is 0 Å². The van der Waals surface area contributed by atoms with Gasteiger partial charge in [-0.3, -0.25) is 0 Å². The summed E-state index contributed by atoms with van der Waals surface area (Å²) in [6.45, 7) is 4.28. The third-order valence-corrected chi connectivity index (χ3v) is 1.11. The summed E-state index contributed by atoms with van der Waals surface area (Å²) >= 11 is 0. The molecule has 0 bridgehead atoms. The second-order valence-electron chi connectivity index (χ2n) is 2.07. The number of nitrogens with one attached hydrogen (secondary N) is 1. The van der Waals surface area contributed by atoms with Crippen LogP contribution < -0.4 is 58.2 Å². The minimum atomic E-state index is 0. The quantitative estimate of drug-likeness (QED) is 0.537. The van der Waals surface area contributed by atoms with Gasteiger partial charge in [-0.15, -0.1) is 6.54 Å². The van der Waals surface area contributed by atoms with Crippen LogP contribution in [0.3, 0.4) is 0 Å². The molecule has 0 aliphatic rings. The van der Waals surface area contributed by atoms with Crippen molar-refractivity contribution in [3.8, 4) is 0 Å². The van der Waals surface area contributed by atoms with Gasteiger partial charge in [-0.25, -0.2) is 0 Å². The molecule has 0 unspecified atom stereocenters. The van der Waals surface area contributed by atoms with Crippen molar-refractivity contribution in [1.82, 2.24) is 0 Å². The van der Waals surface area contributed by atoms with Gasteiger partial charge in [-0.05, 0) is 12.8 Å². The zero-order valence-corrected chi connectivity index (χ0v) is 12.1. The Morgan fingerprint density at radius 1 is 1.20 bits per heavy atom. The average molecular weight is 216 g/mol. The molecule has 3 heteroatoms. The molecule has 0 aromatic heterocycles. The predicted molar refractivity (Wildman–Crippen MR) is 39.5 cm³/mol. The molecular formula is C7H16NORb. The summed E-state index contributed by atoms with van der Waals surface area (Å²) < 4.78 is 5.19. The number of hydrogen-bond acceptors (Lipinski definition) is 1. The number of unbranched alkanes of at least 4 members (excludes halogenated alkanes) is 1. The number of ether oxygens (including phenoxy) is 1. The monoisotopic (exact) mass is 215 g/mol. The van der Waals surface area contributed by atoms with E-state index < -0.39 is 0 Å². The molecule has 0 spiro atoms. The third-order valence-electron chi connectivity index (χ3n) is 1.11. The van der Waals surface area contributed by atoms with E-state index in [1.54, 1.807) is 0 Å². The van der Waals surface area contributed by atoms with Crippen molar-refractivity contribution in [1.29, 1.82) is 0 Å². The first kappa shape index (κ1) is 14.3. The standard InChI is InChI=1S/C7H16NO.Rb/c1-2-3-6-9-7-4-5-8;/h8H,2-7H2,1H3;/q-1;+1. The fourth-order valence-corrected chi connectivity index (χ4v) is 0.523. The van der Waals surface area contributed by atoms with Crippen molar-refractivity contribution in [2.24, 2.45) is 0 Å². The maximum Gasteiger partial charge on any atom is 1.00 e. The summed E-state index contributed by atoms with van der Waals surface area (Å²) in [4.78, 5) is 0. The van der Waals surface area contributed by atoms with Gasteiger partial charge < -0.3 is 10.5 Å². The Balaban J connectivity index is 0. The molecule has 0 amide bonds. The first-order valence-corrected chi connectivity index (χ1v) is 3.64. The van der Waals surface area contributed by atoms with Gasteiger partial charge in [0, 0.05) is 13.2 Å². The zero-order chi connectivity index (χ0) is 6.95. The van der Waals surface area contributed by atoms with Gasteiger partial charge in [0.25, 0.3) is 0 Å². The van der Waals surface area contributed by atoms with Crippen LogP contribution in [0.2, 0.25) is 0 Å². The molecule has 0 rings (SSSR count). The number of rotatable bonds is 6. The topological polar surface area (TPSA) is 33.0 Å². The molecule has 0 saturated heterocycles. The SMILES string of the molecule is CCCCOCCC[NH-].[Rb+]. The smallest absolute Gasteiger partial charge is 0.677 e. The second-order valence-corrected chi connectivity index (χ2v) is 2.07. The average Bonchev–Trinajstić information content (AvgIpc) is 1.89. The Morgan fingerprint density at radius 2 is 1.80 bits per heavy atom. The molecule has 10 heavy (non-hydrogen) atoms. The molecule has 0 radical (unpaired) electrons. The van der Waals surface area contributed by atoms with E-state index in [2.05, 4.69) is 6.92 Å². The summed E-state index contributed by atoms with van der Waals surface area (Å²) in [6, 6.07) is 0. The molecule has 0 atom stereocenters. The first-order chi connectivity index (χ1) is 4.41. The Morgan fingerprint density at radius 3 is 2.30 bits per heavy atom. The van der Waals surface area contributed by atoms with Crippen molar-refractivity contribution < 1.29 is 62.9 Å². The van der Waals surface area contributed by atoms with Gasteiger partial charge in [0.1, 0.15) is 0 Å². The molecule has 0 aromatic rings. The van der Waals surface area contributed by atoms with Gasteiger partial charge in [-0.2, -0.15) is 0 Å². The van der Waals surface area contributed by atoms with E-state index in [4.69, 9.17) is 10.5 Å². The van der Waals surface area contributed by atoms with Gasteiger partial charge in [0.15, 0.2) is 0 Å². The van der Waals surface area contributed by atoms with Crippen LogP contribution in [0.4, 0.5) is 0 Å². The van der Waals surface area contributed by atoms with Crippen molar-refractivity contribution in [2.75, 3.05) is 19.8 Å². The molecule has 0 saturated carbocycles. The molecule has 1 N–H and O–H groups in total. The normalized spacial score (nSPS) is 9.00. The maximum atomic E-state index is 6.80. The fourth-order valence-electron chi connectivity index (χ4n) is 0.523. The van der Waals surface area contributed by atoms with Crippen LogP contribution in [0.5, 0.6) is 0 Å². The fraction of sp³-hybridized carbons (Fsp3) is 1.00. The summed E-state index contributed by atoms with van der Waals surface area (Å²) in [5.41, 5.74) is 6.80. The molecule has 0 heterocycles. The Bertz CT molecular complexity index is 46.9. The van der Waals surface area contributed by atoms with Crippen molar-refractivity contribution in [2.45, 2.75) is 26.2 Å². The van der Waals surface area contributed by atoms with E-state index >= 15 is 0 Å². The van der Waals surface area contributed by atoms with Crippen LogP contribution in [-0.2, 0) is 4.74 Å². The molecule has 0 aliphatic carbocycles. The van der Waals surface area contributed by atoms with E-state index in [1.807, 2.05) is 0 Å². The van der Waals surface area contributed by atoms with E-state index in [0.717, 1.165) is 26.1 Å². The van der Waals surface area contributed by atoms with Crippen molar-refractivity contribution >= 4 is 0 Å². The van der Waals surface area contributed by atoms with Gasteiger partial charge in [0.2, 0.25) is 0 Å². The molecule has 56 valence electrons. The van der Waals surface area contributed by atoms with Crippen LogP contribution in [0.25, 0.3) is 5.73 Å².